The fraction of sp³-hybridized carbons (Fsp3) is 0.500. The molecule has 1 amide bonds. The zero-order valence-corrected chi connectivity index (χ0v) is 14.9. The van der Waals surface area contributed by atoms with Crippen molar-refractivity contribution in [1.29, 1.82) is 0 Å². The zero-order chi connectivity index (χ0) is 17.2. The van der Waals surface area contributed by atoms with E-state index in [9.17, 15) is 4.79 Å². The highest BCUT2D eigenvalue weighted by atomic mass is 16.1. The number of aryl methyl sites for hydroxylation is 2. The summed E-state index contributed by atoms with van der Waals surface area (Å²) in [6.45, 7) is 2.97. The predicted molar refractivity (Wildman–Crippen MR) is 99.5 cm³/mol. The van der Waals surface area contributed by atoms with Crippen LogP contribution in [0.5, 0.6) is 0 Å². The Labute approximate surface area is 149 Å². The number of amides is 1. The first-order valence-electron chi connectivity index (χ1n) is 9.35. The van der Waals surface area contributed by atoms with Crippen LogP contribution in [-0.2, 0) is 17.8 Å². The van der Waals surface area contributed by atoms with Crippen molar-refractivity contribution in [2.75, 3.05) is 25.5 Å². The van der Waals surface area contributed by atoms with Crippen molar-refractivity contribution >= 4 is 11.6 Å². The summed E-state index contributed by atoms with van der Waals surface area (Å²) in [7, 11) is 2.09. The van der Waals surface area contributed by atoms with E-state index >= 15 is 0 Å². The van der Waals surface area contributed by atoms with Crippen LogP contribution < -0.4 is 5.32 Å². The second-order valence-electron chi connectivity index (χ2n) is 7.33. The SMILES string of the molecule is CN1CCCC(C(=O)Nc2ccccc2-c2cn3c(n2)CCCC3)C1. The maximum absolute atomic E-state index is 12.7. The van der Waals surface area contributed by atoms with Gasteiger partial charge in [0.2, 0.25) is 5.91 Å². The number of nitrogens with zero attached hydrogens (tertiary/aromatic N) is 3. The second-order valence-corrected chi connectivity index (χ2v) is 7.33. The molecule has 132 valence electrons. The van der Waals surface area contributed by atoms with Gasteiger partial charge in [-0.2, -0.15) is 0 Å². The maximum atomic E-state index is 12.7. The van der Waals surface area contributed by atoms with Crippen molar-refractivity contribution in [3.63, 3.8) is 0 Å². The number of imidazole rings is 1. The third-order valence-corrected chi connectivity index (χ3v) is 5.36. The van der Waals surface area contributed by atoms with Gasteiger partial charge in [-0.3, -0.25) is 4.79 Å². The molecule has 0 aliphatic carbocycles. The van der Waals surface area contributed by atoms with Crippen LogP contribution in [0.25, 0.3) is 11.3 Å². The average Bonchev–Trinajstić information content (AvgIpc) is 3.06. The minimum Gasteiger partial charge on any atom is -0.334 e. The van der Waals surface area contributed by atoms with Crippen molar-refractivity contribution in [3.8, 4) is 11.3 Å². The maximum Gasteiger partial charge on any atom is 0.228 e. The number of carbonyl (C=O) groups is 1. The standard InChI is InChI=1S/C20H26N4O/c1-23-11-6-7-15(13-23)20(25)22-17-9-3-2-8-16(17)18-14-24-12-5-4-10-19(24)21-18/h2-3,8-9,14-15H,4-7,10-13H2,1H3,(H,22,25). The zero-order valence-electron chi connectivity index (χ0n) is 14.9. The van der Waals surface area contributed by atoms with E-state index < -0.39 is 0 Å². The Bertz CT molecular complexity index is 743. The highest BCUT2D eigenvalue weighted by Crippen LogP contribution is 2.29. The molecule has 1 saturated heterocycles. The van der Waals surface area contributed by atoms with Crippen molar-refractivity contribution in [3.05, 3.63) is 36.3 Å². The summed E-state index contributed by atoms with van der Waals surface area (Å²) in [6.07, 6.45) is 7.67. The quantitative estimate of drug-likeness (QED) is 0.935. The number of benzene rings is 1. The molecule has 1 aromatic carbocycles. The van der Waals surface area contributed by atoms with Crippen LogP contribution >= 0.6 is 0 Å². The highest BCUT2D eigenvalue weighted by Gasteiger charge is 2.25. The summed E-state index contributed by atoms with van der Waals surface area (Å²) in [5.41, 5.74) is 2.85. The Morgan fingerprint density at radius 3 is 2.92 bits per heavy atom. The number of fused-ring (bicyclic) bond motifs is 1. The molecule has 3 heterocycles. The van der Waals surface area contributed by atoms with E-state index in [4.69, 9.17) is 4.98 Å². The number of aromatic nitrogens is 2. The lowest BCUT2D eigenvalue weighted by Gasteiger charge is -2.28. The molecule has 0 saturated carbocycles. The lowest BCUT2D eigenvalue weighted by molar-refractivity contribution is -0.121. The van der Waals surface area contributed by atoms with Gasteiger partial charge in [0.05, 0.1) is 17.3 Å². The molecular weight excluding hydrogens is 312 g/mol. The van der Waals surface area contributed by atoms with Crippen LogP contribution in [0.4, 0.5) is 5.69 Å². The van der Waals surface area contributed by atoms with E-state index in [1.54, 1.807) is 0 Å². The summed E-state index contributed by atoms with van der Waals surface area (Å²) < 4.78 is 2.26. The summed E-state index contributed by atoms with van der Waals surface area (Å²) in [5.74, 6) is 1.36. The number of likely N-dealkylation sites (tertiary alicyclic amines) is 1. The molecule has 2 aromatic rings. The van der Waals surface area contributed by atoms with Gasteiger partial charge >= 0.3 is 0 Å². The number of para-hydroxylation sites is 1. The van der Waals surface area contributed by atoms with Crippen molar-refractivity contribution < 1.29 is 4.79 Å². The Kier molecular flexibility index (Phi) is 4.57. The molecule has 0 radical (unpaired) electrons. The largest absolute Gasteiger partial charge is 0.334 e. The monoisotopic (exact) mass is 338 g/mol. The number of hydrogen-bond donors (Lipinski definition) is 1. The lowest BCUT2D eigenvalue weighted by Crippen LogP contribution is -2.38. The minimum absolute atomic E-state index is 0.0713. The number of anilines is 1. The van der Waals surface area contributed by atoms with E-state index in [2.05, 4.69) is 34.1 Å². The van der Waals surface area contributed by atoms with Crippen molar-refractivity contribution in [2.24, 2.45) is 5.92 Å². The third kappa shape index (κ3) is 3.47. The van der Waals surface area contributed by atoms with Crippen LogP contribution in [0.15, 0.2) is 30.5 Å². The third-order valence-electron chi connectivity index (χ3n) is 5.36. The van der Waals surface area contributed by atoms with Crippen LogP contribution in [0.2, 0.25) is 0 Å². The smallest absolute Gasteiger partial charge is 0.228 e. The fourth-order valence-corrected chi connectivity index (χ4v) is 3.97. The topological polar surface area (TPSA) is 50.2 Å². The Balaban J connectivity index is 1.57. The van der Waals surface area contributed by atoms with E-state index in [1.165, 1.54) is 12.8 Å². The molecule has 1 fully saturated rings. The first-order chi connectivity index (χ1) is 12.2. The van der Waals surface area contributed by atoms with E-state index in [0.29, 0.717) is 0 Å². The summed E-state index contributed by atoms with van der Waals surface area (Å²) in [4.78, 5) is 19.8. The average molecular weight is 338 g/mol. The van der Waals surface area contributed by atoms with Crippen LogP contribution in [0, 0.1) is 5.92 Å². The number of hydrogen-bond acceptors (Lipinski definition) is 3. The molecule has 4 rings (SSSR count). The van der Waals surface area contributed by atoms with Gasteiger partial charge in [-0.25, -0.2) is 4.98 Å². The van der Waals surface area contributed by atoms with E-state index in [1.807, 2.05) is 18.2 Å². The number of carbonyl (C=O) groups excluding carboxylic acids is 1. The Morgan fingerprint density at radius 1 is 1.20 bits per heavy atom. The second kappa shape index (κ2) is 7.00. The summed E-state index contributed by atoms with van der Waals surface area (Å²) >= 11 is 0. The Morgan fingerprint density at radius 2 is 2.08 bits per heavy atom. The normalized spacial score (nSPS) is 20.9. The van der Waals surface area contributed by atoms with Crippen LogP contribution in [0.1, 0.15) is 31.5 Å². The minimum atomic E-state index is 0.0713. The van der Waals surface area contributed by atoms with E-state index in [0.717, 1.165) is 61.7 Å². The van der Waals surface area contributed by atoms with Crippen LogP contribution in [0.3, 0.4) is 0 Å². The van der Waals surface area contributed by atoms with Gasteiger partial charge in [0.1, 0.15) is 5.82 Å². The Hall–Kier alpha value is -2.14. The molecule has 0 bridgehead atoms. The van der Waals surface area contributed by atoms with Gasteiger partial charge in [-0.05, 0) is 45.3 Å². The first kappa shape index (κ1) is 16.3. The van der Waals surface area contributed by atoms with E-state index in [-0.39, 0.29) is 11.8 Å². The fourth-order valence-electron chi connectivity index (χ4n) is 3.97. The van der Waals surface area contributed by atoms with Gasteiger partial charge in [0.15, 0.2) is 0 Å². The lowest BCUT2D eigenvalue weighted by atomic mass is 9.97. The molecule has 0 spiro atoms. The predicted octanol–water partition coefficient (Wildman–Crippen LogP) is 3.17. The number of rotatable bonds is 3. The number of nitrogens with one attached hydrogen (secondary N) is 1. The molecule has 1 atom stereocenters. The molecule has 1 aromatic heterocycles. The van der Waals surface area contributed by atoms with Gasteiger partial charge < -0.3 is 14.8 Å². The molecule has 2 aliphatic heterocycles. The summed E-state index contributed by atoms with van der Waals surface area (Å²) in [5, 5.41) is 3.16. The van der Waals surface area contributed by atoms with Crippen molar-refractivity contribution in [1.82, 2.24) is 14.5 Å². The molecule has 2 aliphatic rings. The van der Waals surface area contributed by atoms with Gasteiger partial charge in [0.25, 0.3) is 0 Å². The van der Waals surface area contributed by atoms with Gasteiger partial charge in [-0.15, -0.1) is 0 Å². The molecule has 1 unspecified atom stereocenters. The molecule has 1 N–H and O–H groups in total. The molecule has 5 heteroatoms. The summed E-state index contributed by atoms with van der Waals surface area (Å²) in [6, 6.07) is 8.02. The molecule has 25 heavy (non-hydrogen) atoms. The van der Waals surface area contributed by atoms with Crippen LogP contribution in [-0.4, -0.2) is 40.5 Å². The van der Waals surface area contributed by atoms with Gasteiger partial charge in [0, 0.05) is 31.3 Å². The molecule has 5 nitrogen and oxygen atoms in total. The first-order valence-corrected chi connectivity index (χ1v) is 9.35. The number of piperidine rings is 1. The highest BCUT2D eigenvalue weighted by molar-refractivity contribution is 5.96. The van der Waals surface area contributed by atoms with Crippen molar-refractivity contribution in [2.45, 2.75) is 38.6 Å². The molecular formula is C20H26N4O. The van der Waals surface area contributed by atoms with Gasteiger partial charge in [-0.1, -0.05) is 18.2 Å².